The van der Waals surface area contributed by atoms with Gasteiger partial charge in [0, 0.05) is 16.8 Å². The summed E-state index contributed by atoms with van der Waals surface area (Å²) in [4.78, 5) is 12.4. The second-order valence-electron chi connectivity index (χ2n) is 5.39. The predicted molar refractivity (Wildman–Crippen MR) is 97.4 cm³/mol. The van der Waals surface area contributed by atoms with Gasteiger partial charge in [-0.05, 0) is 49.7 Å². The van der Waals surface area contributed by atoms with E-state index in [4.69, 9.17) is 21.1 Å². The number of methoxy groups -OCH3 is 2. The maximum absolute atomic E-state index is 12.4. The zero-order valence-corrected chi connectivity index (χ0v) is 14.9. The zero-order valence-electron chi connectivity index (χ0n) is 14.1. The third-order valence-electron chi connectivity index (χ3n) is 3.61. The molecular formula is C18H21ClN2O3. The predicted octanol–water partition coefficient (Wildman–Crippen LogP) is 4.10. The SMILES string of the molecule is COc1ccc(N[C@@H](C)C(=O)Nc2cc(C)c(Cl)cc2OC)cc1. The van der Waals surface area contributed by atoms with Gasteiger partial charge in [-0.25, -0.2) is 0 Å². The number of amides is 1. The molecule has 1 atom stereocenters. The smallest absolute Gasteiger partial charge is 0.246 e. The van der Waals surface area contributed by atoms with Gasteiger partial charge in [-0.3, -0.25) is 4.79 Å². The Labute approximate surface area is 146 Å². The standard InChI is InChI=1S/C18H21ClN2O3/c1-11-9-16(17(24-4)10-15(11)19)21-18(22)12(2)20-13-5-7-14(23-3)8-6-13/h5-10,12,20H,1-4H3,(H,21,22)/t12-/m0/s1. The average molecular weight is 349 g/mol. The molecule has 0 aliphatic heterocycles. The van der Waals surface area contributed by atoms with Gasteiger partial charge in [-0.2, -0.15) is 0 Å². The van der Waals surface area contributed by atoms with Gasteiger partial charge in [0.05, 0.1) is 19.9 Å². The van der Waals surface area contributed by atoms with Gasteiger partial charge in [-0.15, -0.1) is 0 Å². The third-order valence-corrected chi connectivity index (χ3v) is 4.01. The monoisotopic (exact) mass is 348 g/mol. The van der Waals surface area contributed by atoms with Crippen molar-refractivity contribution in [1.82, 2.24) is 0 Å². The lowest BCUT2D eigenvalue weighted by molar-refractivity contribution is -0.116. The molecule has 0 heterocycles. The molecular weight excluding hydrogens is 328 g/mol. The summed E-state index contributed by atoms with van der Waals surface area (Å²) in [6.45, 7) is 3.66. The summed E-state index contributed by atoms with van der Waals surface area (Å²) in [5.74, 6) is 1.11. The topological polar surface area (TPSA) is 59.6 Å². The Kier molecular flexibility index (Phi) is 5.93. The molecule has 128 valence electrons. The molecule has 0 unspecified atom stereocenters. The molecule has 0 saturated carbocycles. The van der Waals surface area contributed by atoms with Gasteiger partial charge >= 0.3 is 0 Å². The molecule has 2 rings (SSSR count). The lowest BCUT2D eigenvalue weighted by Crippen LogP contribution is -2.32. The highest BCUT2D eigenvalue weighted by atomic mass is 35.5. The normalized spacial score (nSPS) is 11.5. The summed E-state index contributed by atoms with van der Waals surface area (Å²) in [6, 6.07) is 10.4. The minimum Gasteiger partial charge on any atom is -0.497 e. The van der Waals surface area contributed by atoms with Crippen LogP contribution < -0.4 is 20.1 Å². The van der Waals surface area contributed by atoms with Crippen molar-refractivity contribution >= 4 is 28.9 Å². The van der Waals surface area contributed by atoms with Crippen molar-refractivity contribution in [3.63, 3.8) is 0 Å². The number of nitrogens with one attached hydrogen (secondary N) is 2. The van der Waals surface area contributed by atoms with Crippen LogP contribution in [0.3, 0.4) is 0 Å². The number of hydrogen-bond donors (Lipinski definition) is 2. The Morgan fingerprint density at radius 2 is 1.79 bits per heavy atom. The molecule has 0 aliphatic carbocycles. The minimum atomic E-state index is -0.431. The molecule has 24 heavy (non-hydrogen) atoms. The van der Waals surface area contributed by atoms with Crippen molar-refractivity contribution in [3.8, 4) is 11.5 Å². The first-order valence-corrected chi connectivity index (χ1v) is 7.88. The molecule has 2 aromatic carbocycles. The minimum absolute atomic E-state index is 0.175. The van der Waals surface area contributed by atoms with Crippen LogP contribution in [0.2, 0.25) is 5.02 Å². The first kappa shape index (κ1) is 17.9. The van der Waals surface area contributed by atoms with Crippen molar-refractivity contribution in [2.24, 2.45) is 0 Å². The maximum atomic E-state index is 12.4. The number of hydrogen-bond acceptors (Lipinski definition) is 4. The van der Waals surface area contributed by atoms with Crippen LogP contribution in [-0.2, 0) is 4.79 Å². The largest absolute Gasteiger partial charge is 0.497 e. The van der Waals surface area contributed by atoms with Crippen LogP contribution in [0, 0.1) is 6.92 Å². The van der Waals surface area contributed by atoms with Gasteiger partial charge in [0.1, 0.15) is 17.5 Å². The number of carbonyl (C=O) groups is 1. The van der Waals surface area contributed by atoms with Crippen molar-refractivity contribution in [1.29, 1.82) is 0 Å². The lowest BCUT2D eigenvalue weighted by Gasteiger charge is -2.17. The number of rotatable bonds is 6. The second-order valence-corrected chi connectivity index (χ2v) is 5.79. The molecule has 6 heteroatoms. The Hall–Kier alpha value is -2.40. The van der Waals surface area contributed by atoms with Crippen molar-refractivity contribution < 1.29 is 14.3 Å². The first-order valence-electron chi connectivity index (χ1n) is 7.50. The molecule has 2 aromatic rings. The molecule has 0 bridgehead atoms. The summed E-state index contributed by atoms with van der Waals surface area (Å²) in [5.41, 5.74) is 2.29. The fourth-order valence-corrected chi connectivity index (χ4v) is 2.33. The van der Waals surface area contributed by atoms with Crippen LogP contribution in [0.15, 0.2) is 36.4 Å². The summed E-state index contributed by atoms with van der Waals surface area (Å²) in [7, 11) is 3.15. The highest BCUT2D eigenvalue weighted by Gasteiger charge is 2.16. The Bertz CT molecular complexity index is 717. The molecule has 0 spiro atoms. The van der Waals surface area contributed by atoms with E-state index in [1.807, 2.05) is 31.2 Å². The molecule has 0 fully saturated rings. The van der Waals surface area contributed by atoms with E-state index < -0.39 is 6.04 Å². The van der Waals surface area contributed by atoms with Gasteiger partial charge < -0.3 is 20.1 Å². The van der Waals surface area contributed by atoms with Crippen molar-refractivity contribution in [3.05, 3.63) is 47.0 Å². The first-order chi connectivity index (χ1) is 11.4. The molecule has 0 saturated heterocycles. The van der Waals surface area contributed by atoms with Gasteiger partial charge in [0.25, 0.3) is 0 Å². The molecule has 0 radical (unpaired) electrons. The number of benzene rings is 2. The van der Waals surface area contributed by atoms with E-state index in [-0.39, 0.29) is 5.91 Å². The van der Waals surface area contributed by atoms with Crippen LogP contribution in [0.1, 0.15) is 12.5 Å². The number of anilines is 2. The summed E-state index contributed by atoms with van der Waals surface area (Å²) >= 11 is 6.08. The van der Waals surface area contributed by atoms with E-state index >= 15 is 0 Å². The molecule has 1 amide bonds. The molecule has 2 N–H and O–H groups in total. The lowest BCUT2D eigenvalue weighted by atomic mass is 10.2. The van der Waals surface area contributed by atoms with E-state index in [0.29, 0.717) is 16.5 Å². The van der Waals surface area contributed by atoms with Crippen LogP contribution in [0.4, 0.5) is 11.4 Å². The van der Waals surface area contributed by atoms with Crippen LogP contribution in [-0.4, -0.2) is 26.2 Å². The summed E-state index contributed by atoms with van der Waals surface area (Å²) in [5, 5.41) is 6.60. The Morgan fingerprint density at radius 1 is 1.12 bits per heavy atom. The van der Waals surface area contributed by atoms with Crippen molar-refractivity contribution in [2.45, 2.75) is 19.9 Å². The highest BCUT2D eigenvalue weighted by Crippen LogP contribution is 2.31. The quantitative estimate of drug-likeness (QED) is 0.825. The van der Waals surface area contributed by atoms with E-state index in [2.05, 4.69) is 10.6 Å². The van der Waals surface area contributed by atoms with Crippen LogP contribution in [0.25, 0.3) is 0 Å². The fraction of sp³-hybridized carbons (Fsp3) is 0.278. The summed E-state index contributed by atoms with van der Waals surface area (Å²) < 4.78 is 10.4. The van der Waals surface area contributed by atoms with Crippen LogP contribution in [0.5, 0.6) is 11.5 Å². The molecule has 0 aromatic heterocycles. The number of carbonyl (C=O) groups excluding carboxylic acids is 1. The maximum Gasteiger partial charge on any atom is 0.246 e. The van der Waals surface area contributed by atoms with E-state index in [1.165, 1.54) is 7.11 Å². The average Bonchev–Trinajstić information content (AvgIpc) is 2.58. The fourth-order valence-electron chi connectivity index (χ4n) is 2.17. The number of halogens is 1. The highest BCUT2D eigenvalue weighted by molar-refractivity contribution is 6.31. The van der Waals surface area contributed by atoms with Crippen molar-refractivity contribution in [2.75, 3.05) is 24.9 Å². The van der Waals surface area contributed by atoms with Crippen LogP contribution >= 0.6 is 11.6 Å². The Morgan fingerprint density at radius 3 is 2.38 bits per heavy atom. The third kappa shape index (κ3) is 4.32. The molecule has 0 aliphatic rings. The van der Waals surface area contributed by atoms with E-state index in [1.54, 1.807) is 26.2 Å². The number of aryl methyl sites for hydroxylation is 1. The second kappa shape index (κ2) is 7.93. The number of ether oxygens (including phenoxy) is 2. The van der Waals surface area contributed by atoms with Gasteiger partial charge in [-0.1, -0.05) is 11.6 Å². The Balaban J connectivity index is 2.07. The van der Waals surface area contributed by atoms with E-state index in [0.717, 1.165) is 17.0 Å². The van der Waals surface area contributed by atoms with Gasteiger partial charge in [0.2, 0.25) is 5.91 Å². The van der Waals surface area contributed by atoms with E-state index in [9.17, 15) is 4.79 Å². The van der Waals surface area contributed by atoms with Gasteiger partial charge in [0.15, 0.2) is 0 Å². The zero-order chi connectivity index (χ0) is 17.7. The molecule has 5 nitrogen and oxygen atoms in total. The summed E-state index contributed by atoms with van der Waals surface area (Å²) in [6.07, 6.45) is 0.